The van der Waals surface area contributed by atoms with E-state index in [1.54, 1.807) is 6.07 Å². The maximum Gasteiger partial charge on any atom is 0.416 e. The minimum atomic E-state index is -4.56. The molecule has 0 aliphatic carbocycles. The van der Waals surface area contributed by atoms with Crippen molar-refractivity contribution in [2.75, 3.05) is 12.4 Å². The van der Waals surface area contributed by atoms with Crippen molar-refractivity contribution < 1.29 is 27.4 Å². The van der Waals surface area contributed by atoms with Gasteiger partial charge in [0.2, 0.25) is 0 Å². The second kappa shape index (κ2) is 11.0. The molecule has 0 heterocycles. The number of benzene rings is 3. The summed E-state index contributed by atoms with van der Waals surface area (Å²) in [7, 11) is 1.42. The van der Waals surface area contributed by atoms with E-state index in [0.717, 1.165) is 29.3 Å². The molecule has 3 aromatic rings. The molecular formula is C26H20ClF3N2O3. The van der Waals surface area contributed by atoms with E-state index in [0.29, 0.717) is 11.3 Å². The van der Waals surface area contributed by atoms with Crippen molar-refractivity contribution in [3.05, 3.63) is 93.5 Å². The lowest BCUT2D eigenvalue weighted by atomic mass is 10.1. The maximum absolute atomic E-state index is 12.9. The van der Waals surface area contributed by atoms with Gasteiger partial charge in [-0.1, -0.05) is 41.9 Å². The van der Waals surface area contributed by atoms with Crippen LogP contribution in [0.3, 0.4) is 0 Å². The predicted octanol–water partition coefficient (Wildman–Crippen LogP) is 6.80. The van der Waals surface area contributed by atoms with E-state index >= 15 is 0 Å². The molecule has 9 heteroatoms. The number of carbonyl (C=O) groups is 1. The summed E-state index contributed by atoms with van der Waals surface area (Å²) in [4.78, 5) is 12.5. The highest BCUT2D eigenvalue weighted by molar-refractivity contribution is 6.32. The lowest BCUT2D eigenvalue weighted by Gasteiger charge is -2.14. The van der Waals surface area contributed by atoms with Crippen LogP contribution in [0.1, 0.15) is 22.3 Å². The Morgan fingerprint density at radius 3 is 2.54 bits per heavy atom. The summed E-state index contributed by atoms with van der Waals surface area (Å²) in [6.45, 7) is 2.21. The van der Waals surface area contributed by atoms with Crippen LogP contribution in [0.25, 0.3) is 6.08 Å². The second-order valence-electron chi connectivity index (χ2n) is 7.45. The predicted molar refractivity (Wildman–Crippen MR) is 127 cm³/mol. The summed E-state index contributed by atoms with van der Waals surface area (Å²) in [6.07, 6.45) is -3.31. The molecule has 0 atom stereocenters. The van der Waals surface area contributed by atoms with Gasteiger partial charge in [-0.2, -0.15) is 18.4 Å². The first-order valence-electron chi connectivity index (χ1n) is 10.3. The molecule has 35 heavy (non-hydrogen) atoms. The van der Waals surface area contributed by atoms with Gasteiger partial charge < -0.3 is 14.8 Å². The number of alkyl halides is 3. The van der Waals surface area contributed by atoms with Crippen LogP contribution in [0, 0.1) is 18.3 Å². The first-order valence-corrected chi connectivity index (χ1v) is 10.7. The molecule has 0 saturated carbocycles. The Morgan fingerprint density at radius 1 is 1.14 bits per heavy atom. The number of rotatable bonds is 7. The van der Waals surface area contributed by atoms with Gasteiger partial charge in [0.15, 0.2) is 11.5 Å². The van der Waals surface area contributed by atoms with Gasteiger partial charge in [0.1, 0.15) is 18.2 Å². The van der Waals surface area contributed by atoms with Crippen molar-refractivity contribution in [3.63, 3.8) is 0 Å². The lowest BCUT2D eigenvalue weighted by molar-refractivity contribution is -0.137. The van der Waals surface area contributed by atoms with E-state index in [-0.39, 0.29) is 28.6 Å². The highest BCUT2D eigenvalue weighted by atomic mass is 35.5. The zero-order valence-electron chi connectivity index (χ0n) is 18.7. The van der Waals surface area contributed by atoms with Gasteiger partial charge in [-0.15, -0.1) is 0 Å². The largest absolute Gasteiger partial charge is 0.493 e. The Hall–Kier alpha value is -3.96. The smallest absolute Gasteiger partial charge is 0.416 e. The molecule has 0 saturated heterocycles. The summed E-state index contributed by atoms with van der Waals surface area (Å²) in [6, 6.07) is 16.6. The third kappa shape index (κ3) is 6.55. The number of anilines is 1. The van der Waals surface area contributed by atoms with Crippen LogP contribution in [-0.2, 0) is 17.6 Å². The molecule has 1 N–H and O–H groups in total. The number of nitriles is 1. The molecule has 0 unspecified atom stereocenters. The summed E-state index contributed by atoms with van der Waals surface area (Å²) in [5.41, 5.74) is 1.03. The summed E-state index contributed by atoms with van der Waals surface area (Å²) in [5, 5.41) is 12.0. The van der Waals surface area contributed by atoms with Gasteiger partial charge in [-0.3, -0.25) is 4.79 Å². The number of hydrogen-bond donors (Lipinski definition) is 1. The summed E-state index contributed by atoms with van der Waals surface area (Å²) in [5.74, 6) is -0.295. The molecule has 180 valence electrons. The number of nitrogens with one attached hydrogen (secondary N) is 1. The standard InChI is InChI=1S/C26H20ClF3N2O3/c1-16-6-3-4-7-18(16)15-35-24-22(27)11-17(12-23(24)34-2)10-19(14-31)25(33)32-21-9-5-8-20(13-21)26(28,29)30/h3-13H,15H2,1-2H3,(H,32,33). The van der Waals surface area contributed by atoms with Crippen molar-refractivity contribution >= 4 is 29.3 Å². The van der Waals surface area contributed by atoms with Crippen LogP contribution < -0.4 is 14.8 Å². The number of halogens is 4. The Morgan fingerprint density at radius 2 is 1.89 bits per heavy atom. The van der Waals surface area contributed by atoms with Crippen LogP contribution >= 0.6 is 11.6 Å². The van der Waals surface area contributed by atoms with Crippen molar-refractivity contribution in [1.82, 2.24) is 0 Å². The van der Waals surface area contributed by atoms with Gasteiger partial charge in [-0.25, -0.2) is 0 Å². The van der Waals surface area contributed by atoms with E-state index in [2.05, 4.69) is 5.32 Å². The highest BCUT2D eigenvalue weighted by Crippen LogP contribution is 2.38. The molecule has 0 aromatic heterocycles. The highest BCUT2D eigenvalue weighted by Gasteiger charge is 2.30. The molecule has 3 rings (SSSR count). The van der Waals surface area contributed by atoms with Gasteiger partial charge in [0, 0.05) is 5.69 Å². The molecule has 3 aromatic carbocycles. The van der Waals surface area contributed by atoms with Crippen LogP contribution in [0.4, 0.5) is 18.9 Å². The molecule has 0 radical (unpaired) electrons. The Labute approximate surface area is 205 Å². The minimum absolute atomic E-state index is 0.0958. The van der Waals surface area contributed by atoms with Crippen LogP contribution in [-0.4, -0.2) is 13.0 Å². The topological polar surface area (TPSA) is 71.3 Å². The Kier molecular flexibility index (Phi) is 8.05. The number of aryl methyl sites for hydroxylation is 1. The van der Waals surface area contributed by atoms with Crippen molar-refractivity contribution in [2.45, 2.75) is 19.7 Å². The first kappa shape index (κ1) is 25.7. The number of ether oxygens (including phenoxy) is 2. The van der Waals surface area contributed by atoms with Crippen molar-refractivity contribution in [1.29, 1.82) is 5.26 Å². The van der Waals surface area contributed by atoms with Crippen LogP contribution in [0.15, 0.2) is 66.2 Å². The van der Waals surface area contributed by atoms with E-state index in [1.165, 1.54) is 31.4 Å². The molecule has 0 aliphatic rings. The summed E-state index contributed by atoms with van der Waals surface area (Å²) < 4.78 is 50.0. The maximum atomic E-state index is 12.9. The second-order valence-corrected chi connectivity index (χ2v) is 7.86. The first-order chi connectivity index (χ1) is 16.6. The fraction of sp³-hybridized carbons (Fsp3) is 0.154. The average Bonchev–Trinajstić information content (AvgIpc) is 2.82. The third-order valence-electron chi connectivity index (χ3n) is 5.01. The van der Waals surface area contributed by atoms with Crippen molar-refractivity contribution in [3.8, 4) is 17.6 Å². The Bertz CT molecular complexity index is 1310. The molecule has 0 spiro atoms. The number of hydrogen-bond acceptors (Lipinski definition) is 4. The number of methoxy groups -OCH3 is 1. The summed E-state index contributed by atoms with van der Waals surface area (Å²) >= 11 is 6.39. The van der Waals surface area contributed by atoms with E-state index in [1.807, 2.05) is 31.2 Å². The number of amides is 1. The molecule has 5 nitrogen and oxygen atoms in total. The fourth-order valence-corrected chi connectivity index (χ4v) is 3.45. The van der Waals surface area contributed by atoms with E-state index in [9.17, 15) is 23.2 Å². The number of carbonyl (C=O) groups excluding carboxylic acids is 1. The third-order valence-corrected chi connectivity index (χ3v) is 5.29. The molecule has 0 fully saturated rings. The van der Waals surface area contributed by atoms with Gasteiger partial charge in [-0.05, 0) is 60.0 Å². The molecular weight excluding hydrogens is 481 g/mol. The number of nitrogens with zero attached hydrogens (tertiary/aromatic N) is 1. The van der Waals surface area contributed by atoms with E-state index in [4.69, 9.17) is 21.1 Å². The molecule has 0 aliphatic heterocycles. The quantitative estimate of drug-likeness (QED) is 0.286. The normalized spacial score (nSPS) is 11.5. The molecule has 0 bridgehead atoms. The van der Waals surface area contributed by atoms with Gasteiger partial charge >= 0.3 is 6.18 Å². The average molecular weight is 501 g/mol. The minimum Gasteiger partial charge on any atom is -0.493 e. The van der Waals surface area contributed by atoms with E-state index < -0.39 is 17.6 Å². The van der Waals surface area contributed by atoms with Crippen LogP contribution in [0.2, 0.25) is 5.02 Å². The van der Waals surface area contributed by atoms with Gasteiger partial charge in [0.05, 0.1) is 17.7 Å². The lowest BCUT2D eigenvalue weighted by Crippen LogP contribution is -2.14. The van der Waals surface area contributed by atoms with Crippen LogP contribution in [0.5, 0.6) is 11.5 Å². The zero-order chi connectivity index (χ0) is 25.6. The van der Waals surface area contributed by atoms with Gasteiger partial charge in [0.25, 0.3) is 5.91 Å². The zero-order valence-corrected chi connectivity index (χ0v) is 19.5. The SMILES string of the molecule is COc1cc(C=C(C#N)C(=O)Nc2cccc(C(F)(F)F)c2)cc(Cl)c1OCc1ccccc1C. The van der Waals surface area contributed by atoms with Crippen molar-refractivity contribution in [2.24, 2.45) is 0 Å². The Balaban J connectivity index is 1.83. The monoisotopic (exact) mass is 500 g/mol. The molecule has 1 amide bonds. The fourth-order valence-electron chi connectivity index (χ4n) is 3.17.